The Morgan fingerprint density at radius 2 is 0.452 bits per heavy atom. The first kappa shape index (κ1) is 59.0. The van der Waals surface area contributed by atoms with Crippen molar-refractivity contribution in [3.63, 3.8) is 0 Å². The Bertz CT molecular complexity index is 995. The minimum atomic E-state index is 1.27. The summed E-state index contributed by atoms with van der Waals surface area (Å²) in [6.07, 6.45) is 73.4. The molecular weight excluding hydrogens is 747 g/mol. The van der Waals surface area contributed by atoms with Gasteiger partial charge in [-0.25, -0.2) is 0 Å². The number of benzene rings is 1. The number of rotatable bonds is 52. The highest BCUT2D eigenvalue weighted by molar-refractivity contribution is 5.57. The lowest BCUT2D eigenvalue weighted by molar-refractivity contribution is 0.527. The van der Waals surface area contributed by atoms with E-state index >= 15 is 0 Å². The third kappa shape index (κ3) is 38.3. The Morgan fingerprint density at radius 3 is 0.694 bits per heavy atom. The maximum absolute atomic E-state index is 3.65. The Balaban J connectivity index is 2.42. The summed E-state index contributed by atoms with van der Waals surface area (Å²) in [5.74, 6) is 0. The van der Waals surface area contributed by atoms with Gasteiger partial charge in [0.05, 0.1) is 0 Å². The van der Waals surface area contributed by atoms with E-state index in [2.05, 4.69) is 45.3 Å². The fourth-order valence-corrected chi connectivity index (χ4v) is 10.4. The standard InChI is InChI=1S/C61H117N/c1-5-8-11-14-17-20-23-26-29-32-35-38-41-44-47-50-53-58-56-57-61(62-4)60(55-52-49-46-43-40-37-34-31-28-25-22-19-16-13-10-7-3)59(58)54-51-48-45-42-39-36-33-30-27-24-21-18-15-12-9-6-2/h56-57,62H,5-55H2,1-4H3. The zero-order valence-corrected chi connectivity index (χ0v) is 43.7. The second kappa shape index (κ2) is 49.5. The van der Waals surface area contributed by atoms with Crippen molar-refractivity contribution in [1.29, 1.82) is 0 Å². The van der Waals surface area contributed by atoms with Gasteiger partial charge in [-0.2, -0.15) is 0 Å². The van der Waals surface area contributed by atoms with Crippen molar-refractivity contribution < 1.29 is 0 Å². The molecule has 0 amide bonds. The molecule has 0 atom stereocenters. The highest BCUT2D eigenvalue weighted by Gasteiger charge is 2.13. The van der Waals surface area contributed by atoms with Crippen LogP contribution in [0.25, 0.3) is 0 Å². The Labute approximate surface area is 393 Å². The van der Waals surface area contributed by atoms with E-state index in [1.807, 2.05) is 0 Å². The van der Waals surface area contributed by atoms with E-state index in [-0.39, 0.29) is 0 Å². The number of nitrogens with one attached hydrogen (secondary N) is 1. The van der Waals surface area contributed by atoms with Crippen LogP contribution in [0.15, 0.2) is 12.1 Å². The Kier molecular flexibility index (Phi) is 47.1. The zero-order valence-electron chi connectivity index (χ0n) is 43.7. The molecule has 1 N–H and O–H groups in total. The third-order valence-electron chi connectivity index (χ3n) is 14.7. The molecule has 0 aromatic heterocycles. The van der Waals surface area contributed by atoms with Crippen LogP contribution in [-0.4, -0.2) is 7.05 Å². The molecule has 1 nitrogen and oxygen atoms in total. The Morgan fingerprint density at radius 1 is 0.242 bits per heavy atom. The van der Waals surface area contributed by atoms with Crippen molar-refractivity contribution in [1.82, 2.24) is 0 Å². The SMILES string of the molecule is CCCCCCCCCCCCCCCCCCc1ccc(NC)c(CCCCCCCCCCCCCCCCCC)c1CCCCCCCCCCCCCCCCCC. The smallest absolute Gasteiger partial charge is 0.0373 e. The highest BCUT2D eigenvalue weighted by atomic mass is 14.8. The minimum absolute atomic E-state index is 1.27. The minimum Gasteiger partial charge on any atom is -0.388 e. The van der Waals surface area contributed by atoms with Gasteiger partial charge in [-0.1, -0.05) is 316 Å². The number of hydrogen-bond acceptors (Lipinski definition) is 1. The summed E-state index contributed by atoms with van der Waals surface area (Å²) in [5.41, 5.74) is 6.56. The van der Waals surface area contributed by atoms with Gasteiger partial charge in [-0.15, -0.1) is 0 Å². The van der Waals surface area contributed by atoms with Crippen molar-refractivity contribution in [3.8, 4) is 0 Å². The van der Waals surface area contributed by atoms with Gasteiger partial charge in [0, 0.05) is 12.7 Å². The fraction of sp³-hybridized carbons (Fsp3) is 0.902. The molecule has 0 fully saturated rings. The van der Waals surface area contributed by atoms with E-state index in [4.69, 9.17) is 0 Å². The molecule has 62 heavy (non-hydrogen) atoms. The van der Waals surface area contributed by atoms with Crippen LogP contribution >= 0.6 is 0 Å². The van der Waals surface area contributed by atoms with E-state index in [9.17, 15) is 0 Å². The molecule has 1 rings (SSSR count). The quantitative estimate of drug-likeness (QED) is 0.0644. The van der Waals surface area contributed by atoms with Gasteiger partial charge >= 0.3 is 0 Å². The second-order valence-electron chi connectivity index (χ2n) is 20.6. The molecule has 0 aliphatic carbocycles. The van der Waals surface area contributed by atoms with Crippen molar-refractivity contribution >= 4 is 5.69 Å². The van der Waals surface area contributed by atoms with Crippen LogP contribution in [0.1, 0.15) is 346 Å². The number of unbranched alkanes of at least 4 members (excludes halogenated alkanes) is 45. The lowest BCUT2D eigenvalue weighted by Crippen LogP contribution is -2.06. The topological polar surface area (TPSA) is 12.0 Å². The molecular formula is C61H117N. The van der Waals surface area contributed by atoms with Gasteiger partial charge in [0.2, 0.25) is 0 Å². The van der Waals surface area contributed by atoms with Crippen LogP contribution in [0.3, 0.4) is 0 Å². The van der Waals surface area contributed by atoms with E-state index < -0.39 is 0 Å². The molecule has 366 valence electrons. The van der Waals surface area contributed by atoms with E-state index in [0.717, 1.165) is 0 Å². The van der Waals surface area contributed by atoms with E-state index in [0.29, 0.717) is 0 Å². The predicted octanol–water partition coefficient (Wildman–Crippen LogP) is 22.1. The van der Waals surface area contributed by atoms with Gasteiger partial charge in [0.25, 0.3) is 0 Å². The summed E-state index contributed by atoms with van der Waals surface area (Å²) < 4.78 is 0. The summed E-state index contributed by atoms with van der Waals surface area (Å²) in [7, 11) is 2.17. The molecule has 0 spiro atoms. The zero-order chi connectivity index (χ0) is 44.5. The van der Waals surface area contributed by atoms with Crippen LogP contribution in [0, 0.1) is 0 Å². The summed E-state index contributed by atoms with van der Waals surface area (Å²) in [6.45, 7) is 6.96. The molecule has 1 aromatic rings. The van der Waals surface area contributed by atoms with Crippen molar-refractivity contribution in [3.05, 3.63) is 28.8 Å². The first-order valence-corrected chi connectivity index (χ1v) is 29.6. The summed E-state index contributed by atoms with van der Waals surface area (Å²) in [4.78, 5) is 0. The van der Waals surface area contributed by atoms with Gasteiger partial charge < -0.3 is 5.32 Å². The molecule has 0 aliphatic heterocycles. The molecule has 0 saturated heterocycles. The van der Waals surface area contributed by atoms with Crippen molar-refractivity contribution in [2.45, 2.75) is 348 Å². The van der Waals surface area contributed by atoms with Crippen LogP contribution in [-0.2, 0) is 19.3 Å². The van der Waals surface area contributed by atoms with Crippen LogP contribution in [0.4, 0.5) is 5.69 Å². The van der Waals surface area contributed by atoms with E-state index in [1.54, 1.807) is 16.7 Å². The maximum Gasteiger partial charge on any atom is 0.0373 e. The van der Waals surface area contributed by atoms with Crippen LogP contribution < -0.4 is 5.32 Å². The molecule has 0 saturated carbocycles. The highest BCUT2D eigenvalue weighted by Crippen LogP contribution is 2.30. The molecule has 1 heteroatoms. The fourth-order valence-electron chi connectivity index (χ4n) is 10.4. The first-order chi connectivity index (χ1) is 30.8. The maximum atomic E-state index is 3.65. The van der Waals surface area contributed by atoms with Gasteiger partial charge in [-0.05, 0) is 61.3 Å². The molecule has 0 aliphatic rings. The predicted molar refractivity (Wildman–Crippen MR) is 286 cm³/mol. The second-order valence-corrected chi connectivity index (χ2v) is 20.6. The average molecular weight is 865 g/mol. The summed E-state index contributed by atoms with van der Waals surface area (Å²) >= 11 is 0. The lowest BCUT2D eigenvalue weighted by atomic mass is 9.88. The van der Waals surface area contributed by atoms with Crippen molar-refractivity contribution in [2.75, 3.05) is 12.4 Å². The average Bonchev–Trinajstić information content (AvgIpc) is 3.29. The molecule has 0 unspecified atom stereocenters. The van der Waals surface area contributed by atoms with Gasteiger partial charge in [0.15, 0.2) is 0 Å². The third-order valence-corrected chi connectivity index (χ3v) is 14.7. The molecule has 0 heterocycles. The van der Waals surface area contributed by atoms with E-state index in [1.165, 1.54) is 333 Å². The van der Waals surface area contributed by atoms with Crippen molar-refractivity contribution in [2.24, 2.45) is 0 Å². The summed E-state index contributed by atoms with van der Waals surface area (Å²) in [6, 6.07) is 4.97. The van der Waals surface area contributed by atoms with Crippen LogP contribution in [0.2, 0.25) is 0 Å². The van der Waals surface area contributed by atoms with Crippen LogP contribution in [0.5, 0.6) is 0 Å². The van der Waals surface area contributed by atoms with Gasteiger partial charge in [0.1, 0.15) is 0 Å². The van der Waals surface area contributed by atoms with Gasteiger partial charge in [-0.3, -0.25) is 0 Å². The molecule has 0 bridgehead atoms. The number of hydrogen-bond donors (Lipinski definition) is 1. The normalized spacial score (nSPS) is 11.6. The summed E-state index contributed by atoms with van der Waals surface area (Å²) in [5, 5.41) is 3.65. The lowest BCUT2D eigenvalue weighted by Gasteiger charge is -2.20. The molecule has 1 aromatic carbocycles. The molecule has 0 radical (unpaired) electrons. The Hall–Kier alpha value is -0.980. The number of anilines is 1. The first-order valence-electron chi connectivity index (χ1n) is 29.6. The largest absolute Gasteiger partial charge is 0.388 e. The monoisotopic (exact) mass is 864 g/mol. The number of aryl methyl sites for hydroxylation is 1.